The number of hydrogen-bond donors (Lipinski definition) is 1. The molecule has 0 aromatic carbocycles. The molecule has 0 saturated carbocycles. The number of aliphatic carboxylic acids is 1. The summed E-state index contributed by atoms with van der Waals surface area (Å²) in [6.45, 7) is 3.85. The highest BCUT2D eigenvalue weighted by molar-refractivity contribution is 7.09. The second-order valence-corrected chi connectivity index (χ2v) is 3.86. The fourth-order valence-electron chi connectivity index (χ4n) is 0.788. The van der Waals surface area contributed by atoms with Crippen molar-refractivity contribution in [1.82, 2.24) is 4.98 Å². The Labute approximate surface area is 79.2 Å². The zero-order valence-electron chi connectivity index (χ0n) is 7.32. The van der Waals surface area contributed by atoms with E-state index >= 15 is 0 Å². The zero-order valence-corrected chi connectivity index (χ0v) is 8.14. The first-order chi connectivity index (χ1) is 6.02. The van der Waals surface area contributed by atoms with E-state index in [1.165, 1.54) is 0 Å². The molecule has 1 heterocycles. The summed E-state index contributed by atoms with van der Waals surface area (Å²) in [6, 6.07) is 0. The van der Waals surface area contributed by atoms with Gasteiger partial charge in [-0.15, -0.1) is 11.3 Å². The van der Waals surface area contributed by atoms with E-state index in [1.54, 1.807) is 5.38 Å². The van der Waals surface area contributed by atoms with Crippen molar-refractivity contribution < 1.29 is 14.3 Å². The molecule has 3 nitrogen and oxygen atoms in total. The van der Waals surface area contributed by atoms with E-state index in [1.807, 2.05) is 13.8 Å². The number of hydrogen-bond acceptors (Lipinski definition) is 3. The van der Waals surface area contributed by atoms with Crippen LogP contribution in [0.1, 0.15) is 36.6 Å². The van der Waals surface area contributed by atoms with Crippen LogP contribution in [0.15, 0.2) is 5.38 Å². The van der Waals surface area contributed by atoms with Gasteiger partial charge in [-0.05, 0) is 5.92 Å². The number of nitrogens with zero attached hydrogens (tertiary/aromatic N) is 1. The van der Waals surface area contributed by atoms with E-state index in [0.717, 1.165) is 17.0 Å². The minimum absolute atomic E-state index is 0.0243. The van der Waals surface area contributed by atoms with E-state index in [4.69, 9.17) is 5.11 Å². The van der Waals surface area contributed by atoms with E-state index in [0.29, 0.717) is 0 Å². The molecule has 0 radical (unpaired) electrons. The first-order valence-electron chi connectivity index (χ1n) is 3.84. The first-order valence-corrected chi connectivity index (χ1v) is 4.72. The van der Waals surface area contributed by atoms with Crippen molar-refractivity contribution in [3.63, 3.8) is 0 Å². The Morgan fingerprint density at radius 2 is 2.31 bits per heavy atom. The Morgan fingerprint density at radius 3 is 2.69 bits per heavy atom. The van der Waals surface area contributed by atoms with Crippen molar-refractivity contribution >= 4 is 17.3 Å². The maximum absolute atomic E-state index is 12.9. The molecule has 0 spiro atoms. The predicted molar refractivity (Wildman–Crippen MR) is 47.7 cm³/mol. The van der Waals surface area contributed by atoms with Crippen LogP contribution < -0.4 is 0 Å². The number of carboxylic acids is 1. The Kier molecular flexibility index (Phi) is 2.98. The maximum atomic E-state index is 12.9. The quantitative estimate of drug-likeness (QED) is 0.820. The summed E-state index contributed by atoms with van der Waals surface area (Å²) in [4.78, 5) is 14.2. The van der Waals surface area contributed by atoms with Crippen molar-refractivity contribution in [3.05, 3.63) is 16.1 Å². The van der Waals surface area contributed by atoms with E-state index in [-0.39, 0.29) is 10.9 Å². The van der Waals surface area contributed by atoms with Gasteiger partial charge in [0, 0.05) is 5.38 Å². The molecule has 0 bridgehead atoms. The van der Waals surface area contributed by atoms with Crippen molar-refractivity contribution in [3.8, 4) is 0 Å². The molecule has 0 aliphatic heterocycles. The average Bonchev–Trinajstić information content (AvgIpc) is 2.50. The van der Waals surface area contributed by atoms with Crippen LogP contribution in [0, 0.1) is 0 Å². The lowest BCUT2D eigenvalue weighted by molar-refractivity contribution is -0.143. The summed E-state index contributed by atoms with van der Waals surface area (Å²) in [5.41, 5.74) is 0.740. The fourth-order valence-corrected chi connectivity index (χ4v) is 1.73. The Bertz CT molecular complexity index is 311. The summed E-state index contributed by atoms with van der Waals surface area (Å²) in [5.74, 6) is -1.28. The molecule has 1 atom stereocenters. The zero-order chi connectivity index (χ0) is 10.0. The molecule has 0 fully saturated rings. The first kappa shape index (κ1) is 10.1. The molecule has 1 unspecified atom stereocenters. The minimum atomic E-state index is -1.99. The highest BCUT2D eigenvalue weighted by Gasteiger charge is 2.22. The number of alkyl halides is 1. The van der Waals surface area contributed by atoms with Gasteiger partial charge in [0.15, 0.2) is 0 Å². The largest absolute Gasteiger partial charge is 0.479 e. The molecular formula is C8H10FNO2S. The topological polar surface area (TPSA) is 50.2 Å². The second-order valence-electron chi connectivity index (χ2n) is 2.97. The van der Waals surface area contributed by atoms with Crippen molar-refractivity contribution in [2.45, 2.75) is 25.9 Å². The lowest BCUT2D eigenvalue weighted by atomic mass is 10.2. The van der Waals surface area contributed by atoms with Crippen molar-refractivity contribution in [1.29, 1.82) is 0 Å². The van der Waals surface area contributed by atoms with E-state index in [2.05, 4.69) is 4.98 Å². The molecule has 1 aromatic heterocycles. The highest BCUT2D eigenvalue weighted by Crippen LogP contribution is 2.24. The van der Waals surface area contributed by atoms with Gasteiger partial charge in [0.1, 0.15) is 5.01 Å². The summed E-state index contributed by atoms with van der Waals surface area (Å²) in [5, 5.41) is 10.1. The molecule has 13 heavy (non-hydrogen) atoms. The van der Waals surface area contributed by atoms with Crippen LogP contribution in [-0.2, 0) is 4.79 Å². The van der Waals surface area contributed by atoms with Crippen LogP contribution in [0.25, 0.3) is 0 Å². The summed E-state index contributed by atoms with van der Waals surface area (Å²) in [6.07, 6.45) is -1.99. The van der Waals surface area contributed by atoms with Crippen LogP contribution in [0.2, 0.25) is 0 Å². The van der Waals surface area contributed by atoms with Gasteiger partial charge >= 0.3 is 5.97 Å². The van der Waals surface area contributed by atoms with Crippen LogP contribution in [0.3, 0.4) is 0 Å². The van der Waals surface area contributed by atoms with Crippen LogP contribution in [0.4, 0.5) is 4.39 Å². The number of rotatable bonds is 3. The summed E-state index contributed by atoms with van der Waals surface area (Å²) < 4.78 is 12.9. The molecule has 0 aliphatic carbocycles. The molecule has 5 heteroatoms. The molecule has 1 aromatic rings. The van der Waals surface area contributed by atoms with Gasteiger partial charge in [-0.25, -0.2) is 14.2 Å². The lowest BCUT2D eigenvalue weighted by Crippen LogP contribution is -2.05. The predicted octanol–water partition coefficient (Wildman–Crippen LogP) is 2.36. The fraction of sp³-hybridized carbons (Fsp3) is 0.500. The van der Waals surface area contributed by atoms with Gasteiger partial charge in [-0.3, -0.25) is 0 Å². The number of halogens is 1. The molecule has 72 valence electrons. The smallest absolute Gasteiger partial charge is 0.345 e. The van der Waals surface area contributed by atoms with E-state index in [9.17, 15) is 9.18 Å². The molecule has 1 rings (SSSR count). The third-order valence-electron chi connectivity index (χ3n) is 1.56. The normalized spacial score (nSPS) is 13.2. The third kappa shape index (κ3) is 2.24. The van der Waals surface area contributed by atoms with Gasteiger partial charge in [0.25, 0.3) is 0 Å². The number of aromatic nitrogens is 1. The Hall–Kier alpha value is -0.970. The van der Waals surface area contributed by atoms with Crippen LogP contribution in [-0.4, -0.2) is 16.1 Å². The number of carboxylic acid groups (broad SMARTS) is 1. The SMILES string of the molecule is CC(C)c1csc(C(F)C(=O)O)n1. The average molecular weight is 203 g/mol. The van der Waals surface area contributed by atoms with Gasteiger partial charge < -0.3 is 5.11 Å². The molecule has 0 saturated heterocycles. The minimum Gasteiger partial charge on any atom is -0.479 e. The molecule has 0 aliphatic rings. The number of thiazole rings is 1. The summed E-state index contributed by atoms with van der Waals surface area (Å²) >= 11 is 1.05. The van der Waals surface area contributed by atoms with Gasteiger partial charge in [-0.1, -0.05) is 13.8 Å². The van der Waals surface area contributed by atoms with Crippen molar-refractivity contribution in [2.24, 2.45) is 0 Å². The molecular weight excluding hydrogens is 193 g/mol. The van der Waals surface area contributed by atoms with Gasteiger partial charge in [0.2, 0.25) is 6.17 Å². The lowest BCUT2D eigenvalue weighted by Gasteiger charge is -1.98. The van der Waals surface area contributed by atoms with Gasteiger partial charge in [0.05, 0.1) is 5.69 Å². The third-order valence-corrected chi connectivity index (χ3v) is 2.46. The summed E-state index contributed by atoms with van der Waals surface area (Å²) in [7, 11) is 0. The van der Waals surface area contributed by atoms with Crippen molar-refractivity contribution in [2.75, 3.05) is 0 Å². The van der Waals surface area contributed by atoms with Gasteiger partial charge in [-0.2, -0.15) is 0 Å². The Morgan fingerprint density at radius 1 is 1.69 bits per heavy atom. The number of carbonyl (C=O) groups is 1. The van der Waals surface area contributed by atoms with Crippen LogP contribution in [0.5, 0.6) is 0 Å². The molecule has 0 amide bonds. The van der Waals surface area contributed by atoms with Crippen LogP contribution >= 0.6 is 11.3 Å². The standard InChI is InChI=1S/C8H10FNO2S/c1-4(2)5-3-13-7(10-5)6(9)8(11)12/h3-4,6H,1-2H3,(H,11,12). The highest BCUT2D eigenvalue weighted by atomic mass is 32.1. The molecule has 1 N–H and O–H groups in total. The van der Waals surface area contributed by atoms with E-state index < -0.39 is 12.1 Å². The maximum Gasteiger partial charge on any atom is 0.345 e. The second kappa shape index (κ2) is 3.83. The Balaban J connectivity index is 2.85. The monoisotopic (exact) mass is 203 g/mol.